The number of aromatic nitrogens is 3. The monoisotopic (exact) mass is 551 g/mol. The molecule has 1 unspecified atom stereocenters. The van der Waals surface area contributed by atoms with Crippen LogP contribution in [0.3, 0.4) is 0 Å². The van der Waals surface area contributed by atoms with Gasteiger partial charge in [0.2, 0.25) is 11.8 Å². The van der Waals surface area contributed by atoms with Crippen molar-refractivity contribution in [3.63, 3.8) is 0 Å². The molecule has 6 rings (SSSR count). The van der Waals surface area contributed by atoms with E-state index in [1.807, 2.05) is 62.4 Å². The van der Waals surface area contributed by atoms with E-state index in [1.54, 1.807) is 14.5 Å². The number of fused-ring (bicyclic) bond motifs is 3. The first-order chi connectivity index (χ1) is 18.9. The lowest BCUT2D eigenvalue weighted by atomic mass is 9.78. The molecule has 0 aliphatic carbocycles. The van der Waals surface area contributed by atoms with Gasteiger partial charge in [-0.05, 0) is 24.5 Å². The van der Waals surface area contributed by atoms with Crippen molar-refractivity contribution in [2.45, 2.75) is 55.4 Å². The number of carbonyl (C=O) groups is 3. The summed E-state index contributed by atoms with van der Waals surface area (Å²) in [7, 11) is 0. The molecule has 1 aromatic heterocycles. The zero-order chi connectivity index (χ0) is 27.3. The first-order valence-electron chi connectivity index (χ1n) is 13.6. The maximum atomic E-state index is 14.5. The van der Waals surface area contributed by atoms with E-state index in [4.69, 9.17) is 4.74 Å². The number of likely N-dealkylation sites (tertiary alicyclic amines) is 1. The second kappa shape index (κ2) is 10.1. The SMILES string of the molecule is CC[C@H](C)[C@H](CO)N1C(=O)[C@@H]2[C@@H]3C(=O)OCCC=C[C@@H]3S[C@@]23C=CCN(Cn2nnc4ccccc42)C(=O)C13. The van der Waals surface area contributed by atoms with Crippen molar-refractivity contribution in [1.29, 1.82) is 0 Å². The van der Waals surface area contributed by atoms with Crippen LogP contribution >= 0.6 is 11.8 Å². The average molecular weight is 552 g/mol. The van der Waals surface area contributed by atoms with E-state index in [1.165, 1.54) is 11.8 Å². The Kier molecular flexibility index (Phi) is 6.74. The van der Waals surface area contributed by atoms with Gasteiger partial charge in [0.25, 0.3) is 0 Å². The smallest absolute Gasteiger partial charge is 0.311 e. The molecule has 7 atom stereocenters. The van der Waals surface area contributed by atoms with Crippen molar-refractivity contribution in [2.24, 2.45) is 17.8 Å². The molecule has 0 bridgehead atoms. The summed E-state index contributed by atoms with van der Waals surface area (Å²) in [5, 5.41) is 18.7. The fraction of sp³-hybridized carbons (Fsp3) is 0.536. The molecule has 1 aromatic carbocycles. The highest BCUT2D eigenvalue weighted by atomic mass is 32.2. The summed E-state index contributed by atoms with van der Waals surface area (Å²) < 4.78 is 6.27. The number of cyclic esters (lactones) is 1. The number of amides is 2. The van der Waals surface area contributed by atoms with E-state index in [0.29, 0.717) is 13.0 Å². The fourth-order valence-corrected chi connectivity index (χ4v) is 8.56. The van der Waals surface area contributed by atoms with Crippen molar-refractivity contribution in [2.75, 3.05) is 19.8 Å². The third-order valence-corrected chi connectivity index (χ3v) is 10.5. The second-order valence-electron chi connectivity index (χ2n) is 10.8. The van der Waals surface area contributed by atoms with Crippen LogP contribution in [-0.2, 0) is 25.8 Å². The summed E-state index contributed by atoms with van der Waals surface area (Å²) >= 11 is 1.51. The zero-order valence-corrected chi connectivity index (χ0v) is 22.9. The zero-order valence-electron chi connectivity index (χ0n) is 22.1. The number of benzene rings is 1. The van der Waals surface area contributed by atoms with Crippen LogP contribution in [0.15, 0.2) is 48.6 Å². The first-order valence-corrected chi connectivity index (χ1v) is 14.5. The number of aliphatic hydroxyl groups excluding tert-OH is 1. The van der Waals surface area contributed by atoms with Crippen LogP contribution < -0.4 is 0 Å². The molecule has 2 saturated heterocycles. The largest absolute Gasteiger partial charge is 0.465 e. The lowest BCUT2D eigenvalue weighted by Gasteiger charge is -2.40. The quantitative estimate of drug-likeness (QED) is 0.428. The van der Waals surface area contributed by atoms with Gasteiger partial charge in [0.1, 0.15) is 18.2 Å². The first kappa shape index (κ1) is 26.1. The van der Waals surface area contributed by atoms with Crippen LogP contribution in [0.4, 0.5) is 0 Å². The summed E-state index contributed by atoms with van der Waals surface area (Å²) in [4.78, 5) is 45.5. The molecular weight excluding hydrogens is 518 g/mol. The molecule has 4 aliphatic heterocycles. The van der Waals surface area contributed by atoms with Gasteiger partial charge >= 0.3 is 5.97 Å². The molecule has 1 N–H and O–H groups in total. The normalized spacial score (nSPS) is 31.8. The van der Waals surface area contributed by atoms with E-state index < -0.39 is 34.6 Å². The number of rotatable bonds is 6. The Bertz CT molecular complexity index is 1360. The number of hydrogen-bond acceptors (Lipinski definition) is 8. The van der Waals surface area contributed by atoms with E-state index in [0.717, 1.165) is 17.5 Å². The number of carbonyl (C=O) groups excluding carboxylic acids is 3. The summed E-state index contributed by atoms with van der Waals surface area (Å²) in [6.45, 7) is 4.47. The number of aliphatic hydroxyl groups is 1. The van der Waals surface area contributed by atoms with E-state index in [-0.39, 0.29) is 42.9 Å². The summed E-state index contributed by atoms with van der Waals surface area (Å²) in [5.74, 6) is -2.41. The Morgan fingerprint density at radius 2 is 2.03 bits per heavy atom. The third kappa shape index (κ3) is 4.00. The lowest BCUT2D eigenvalue weighted by molar-refractivity contribution is -0.154. The molecule has 2 aromatic rings. The van der Waals surface area contributed by atoms with Gasteiger partial charge in [0.05, 0.1) is 41.4 Å². The molecule has 0 radical (unpaired) electrons. The number of nitrogens with zero attached hydrogens (tertiary/aromatic N) is 5. The van der Waals surface area contributed by atoms with Gasteiger partial charge in [-0.25, -0.2) is 4.68 Å². The highest BCUT2D eigenvalue weighted by Crippen LogP contribution is 2.61. The van der Waals surface area contributed by atoms with Gasteiger partial charge in [-0.2, -0.15) is 0 Å². The van der Waals surface area contributed by atoms with Gasteiger partial charge in [-0.15, -0.1) is 16.9 Å². The standard InChI is InChI=1S/C28H33N5O5S/c1-3-17(2)20(15-34)33-24-26(36)31(16-32-19-10-5-4-9-18(19)29-30-32)13-8-12-28(24)23(25(33)35)22-21(39-28)11-6-7-14-38-27(22)37/h4-6,8-12,17,20-24,34H,3,7,13-16H2,1-2H3/t17-,20-,21-,22+,23-,24?,28-/m0/s1. The number of hydrogen-bond donors (Lipinski definition) is 1. The van der Waals surface area contributed by atoms with Crippen molar-refractivity contribution in [1.82, 2.24) is 24.8 Å². The molecule has 4 aliphatic rings. The number of ether oxygens (including phenoxy) is 1. The molecule has 2 fully saturated rings. The molecule has 2 amide bonds. The minimum Gasteiger partial charge on any atom is -0.465 e. The molecular formula is C28H33N5O5S. The van der Waals surface area contributed by atoms with Gasteiger partial charge in [0, 0.05) is 11.8 Å². The van der Waals surface area contributed by atoms with E-state index in [2.05, 4.69) is 10.3 Å². The van der Waals surface area contributed by atoms with E-state index in [9.17, 15) is 19.5 Å². The highest BCUT2D eigenvalue weighted by Gasteiger charge is 2.72. The predicted molar refractivity (Wildman–Crippen MR) is 145 cm³/mol. The summed E-state index contributed by atoms with van der Waals surface area (Å²) in [5.41, 5.74) is 1.54. The van der Waals surface area contributed by atoms with Gasteiger partial charge in [-0.3, -0.25) is 14.4 Å². The molecule has 39 heavy (non-hydrogen) atoms. The number of esters is 1. The molecule has 206 valence electrons. The Labute approximate surface area is 231 Å². The maximum Gasteiger partial charge on any atom is 0.311 e. The Morgan fingerprint density at radius 3 is 2.82 bits per heavy atom. The van der Waals surface area contributed by atoms with E-state index >= 15 is 0 Å². The molecule has 10 nitrogen and oxygen atoms in total. The van der Waals surface area contributed by atoms with Gasteiger partial charge in [-0.1, -0.05) is 61.9 Å². The van der Waals surface area contributed by atoms with Crippen molar-refractivity contribution in [3.8, 4) is 0 Å². The van der Waals surface area contributed by atoms with Crippen molar-refractivity contribution >= 4 is 40.6 Å². The Morgan fingerprint density at radius 1 is 1.21 bits per heavy atom. The van der Waals surface area contributed by atoms with Crippen LogP contribution in [-0.4, -0.2) is 89.5 Å². The van der Waals surface area contributed by atoms with Crippen LogP contribution in [0.2, 0.25) is 0 Å². The minimum absolute atomic E-state index is 0.0486. The van der Waals surface area contributed by atoms with Crippen LogP contribution in [0.25, 0.3) is 11.0 Å². The molecule has 0 saturated carbocycles. The molecule has 11 heteroatoms. The van der Waals surface area contributed by atoms with Crippen molar-refractivity contribution < 1.29 is 24.2 Å². The second-order valence-corrected chi connectivity index (χ2v) is 12.3. The Hall–Kier alpha value is -3.18. The predicted octanol–water partition coefficient (Wildman–Crippen LogP) is 1.99. The molecule has 5 heterocycles. The highest BCUT2D eigenvalue weighted by molar-refractivity contribution is 8.02. The minimum atomic E-state index is -0.961. The van der Waals surface area contributed by atoms with Gasteiger partial charge in [0.15, 0.2) is 0 Å². The van der Waals surface area contributed by atoms with Crippen LogP contribution in [0.1, 0.15) is 26.7 Å². The Balaban J connectivity index is 1.44. The summed E-state index contributed by atoms with van der Waals surface area (Å²) in [6.07, 6.45) is 9.23. The van der Waals surface area contributed by atoms with Crippen LogP contribution in [0, 0.1) is 17.8 Å². The topological polar surface area (TPSA) is 118 Å². The third-order valence-electron chi connectivity index (χ3n) is 8.71. The molecule has 1 spiro atoms. The van der Waals surface area contributed by atoms with Gasteiger partial charge < -0.3 is 19.6 Å². The number of para-hydroxylation sites is 1. The summed E-state index contributed by atoms with van der Waals surface area (Å²) in [6, 6.07) is 6.12. The average Bonchev–Trinajstić information content (AvgIpc) is 3.52. The fourth-order valence-electron chi connectivity index (χ4n) is 6.58. The number of thioether (sulfide) groups is 1. The maximum absolute atomic E-state index is 14.5. The van der Waals surface area contributed by atoms with Crippen LogP contribution in [0.5, 0.6) is 0 Å². The van der Waals surface area contributed by atoms with Crippen molar-refractivity contribution in [3.05, 3.63) is 48.6 Å². The lowest BCUT2D eigenvalue weighted by Crippen LogP contribution is -2.58.